The van der Waals surface area contributed by atoms with Gasteiger partial charge >= 0.3 is 5.97 Å². The monoisotopic (exact) mass is 279 g/mol. The van der Waals surface area contributed by atoms with Gasteiger partial charge < -0.3 is 9.67 Å². The number of aryl methyl sites for hydroxylation is 2. The second-order valence-electron chi connectivity index (χ2n) is 5.35. The second kappa shape index (κ2) is 5.09. The fraction of sp³-hybridized carbons (Fsp3) is 0.167. The molecule has 0 aliphatic heterocycles. The number of carboxylic acid groups (broad SMARTS) is 1. The van der Waals surface area contributed by atoms with Gasteiger partial charge in [0.2, 0.25) is 0 Å². The molecule has 1 aromatic heterocycles. The number of carbonyl (C=O) groups is 1. The summed E-state index contributed by atoms with van der Waals surface area (Å²) in [7, 11) is 0. The van der Waals surface area contributed by atoms with Crippen molar-refractivity contribution in [2.45, 2.75) is 20.4 Å². The molecule has 0 bridgehead atoms. The molecule has 0 atom stereocenters. The molecule has 2 aromatic carbocycles. The Morgan fingerprint density at radius 1 is 1.10 bits per heavy atom. The Labute approximate surface area is 123 Å². The number of rotatable bonds is 3. The Bertz CT molecular complexity index is 830. The molecule has 3 heteroatoms. The molecule has 0 unspecified atom stereocenters. The van der Waals surface area contributed by atoms with Crippen molar-refractivity contribution in [3.63, 3.8) is 0 Å². The van der Waals surface area contributed by atoms with Crippen LogP contribution in [0.2, 0.25) is 0 Å². The smallest absolute Gasteiger partial charge is 0.336 e. The highest BCUT2D eigenvalue weighted by atomic mass is 16.4. The molecule has 0 amide bonds. The zero-order valence-electron chi connectivity index (χ0n) is 12.1. The number of aromatic nitrogens is 1. The summed E-state index contributed by atoms with van der Waals surface area (Å²) < 4.78 is 2.12. The molecule has 0 aliphatic carbocycles. The van der Waals surface area contributed by atoms with E-state index in [0.717, 1.165) is 23.0 Å². The van der Waals surface area contributed by atoms with Gasteiger partial charge in [-0.1, -0.05) is 30.3 Å². The first-order chi connectivity index (χ1) is 10.1. The second-order valence-corrected chi connectivity index (χ2v) is 5.35. The van der Waals surface area contributed by atoms with Crippen LogP contribution in [-0.2, 0) is 6.54 Å². The summed E-state index contributed by atoms with van der Waals surface area (Å²) >= 11 is 0. The van der Waals surface area contributed by atoms with Crippen LogP contribution in [0.5, 0.6) is 0 Å². The minimum absolute atomic E-state index is 0.368. The third kappa shape index (κ3) is 2.31. The van der Waals surface area contributed by atoms with Crippen molar-refractivity contribution in [3.8, 4) is 0 Å². The van der Waals surface area contributed by atoms with Gasteiger partial charge in [0.25, 0.3) is 0 Å². The van der Waals surface area contributed by atoms with Crippen molar-refractivity contribution in [2.24, 2.45) is 0 Å². The molecular formula is C18H17NO2. The number of carboxylic acids is 1. The molecule has 3 rings (SSSR count). The highest BCUT2D eigenvalue weighted by molar-refractivity contribution is 5.96. The lowest BCUT2D eigenvalue weighted by atomic mass is 10.1. The van der Waals surface area contributed by atoms with Crippen molar-refractivity contribution in [2.75, 3.05) is 0 Å². The molecule has 1 N–H and O–H groups in total. The Hall–Kier alpha value is -2.55. The van der Waals surface area contributed by atoms with Gasteiger partial charge in [-0.2, -0.15) is 0 Å². The van der Waals surface area contributed by atoms with Crippen LogP contribution >= 0.6 is 0 Å². The van der Waals surface area contributed by atoms with E-state index in [0.29, 0.717) is 5.56 Å². The molecule has 0 radical (unpaired) electrons. The molecule has 0 saturated carbocycles. The average molecular weight is 279 g/mol. The van der Waals surface area contributed by atoms with Crippen LogP contribution in [0, 0.1) is 13.8 Å². The fourth-order valence-corrected chi connectivity index (χ4v) is 2.82. The summed E-state index contributed by atoms with van der Waals surface area (Å²) in [6, 6.07) is 13.8. The summed E-state index contributed by atoms with van der Waals surface area (Å²) in [4.78, 5) is 11.3. The summed E-state index contributed by atoms with van der Waals surface area (Å²) in [5.41, 5.74) is 4.67. The van der Waals surface area contributed by atoms with Crippen molar-refractivity contribution >= 4 is 16.9 Å². The number of nitrogens with zero attached hydrogens (tertiary/aromatic N) is 1. The van der Waals surface area contributed by atoms with E-state index in [1.807, 2.05) is 37.4 Å². The molecule has 0 saturated heterocycles. The minimum Gasteiger partial charge on any atom is -0.478 e. The third-order valence-electron chi connectivity index (χ3n) is 4.02. The van der Waals surface area contributed by atoms with Crippen LogP contribution in [0.1, 0.15) is 27.0 Å². The van der Waals surface area contributed by atoms with Gasteiger partial charge in [-0.05, 0) is 48.1 Å². The van der Waals surface area contributed by atoms with Gasteiger partial charge in [0.15, 0.2) is 0 Å². The first-order valence-electron chi connectivity index (χ1n) is 6.94. The molecular weight excluding hydrogens is 262 g/mol. The zero-order chi connectivity index (χ0) is 15.0. The SMILES string of the molecule is Cc1ccccc1Cn1ccc2ccc(C(=O)O)c(C)c21. The summed E-state index contributed by atoms with van der Waals surface area (Å²) in [5, 5.41) is 10.4. The number of benzene rings is 2. The van der Waals surface area contributed by atoms with E-state index in [1.54, 1.807) is 6.07 Å². The highest BCUT2D eigenvalue weighted by Gasteiger charge is 2.13. The standard InChI is InChI=1S/C18H17NO2/c1-12-5-3-4-6-15(12)11-19-10-9-14-7-8-16(18(20)21)13(2)17(14)19/h3-10H,11H2,1-2H3,(H,20,21). The van der Waals surface area contributed by atoms with Crippen LogP contribution in [-0.4, -0.2) is 15.6 Å². The van der Waals surface area contributed by atoms with Crippen molar-refractivity contribution in [1.82, 2.24) is 4.57 Å². The molecule has 106 valence electrons. The lowest BCUT2D eigenvalue weighted by Gasteiger charge is -2.11. The van der Waals surface area contributed by atoms with E-state index in [1.165, 1.54) is 11.1 Å². The molecule has 3 aromatic rings. The van der Waals surface area contributed by atoms with Crippen LogP contribution in [0.15, 0.2) is 48.7 Å². The van der Waals surface area contributed by atoms with Gasteiger partial charge in [0.1, 0.15) is 0 Å². The van der Waals surface area contributed by atoms with Gasteiger partial charge in [0.05, 0.1) is 11.1 Å². The number of fused-ring (bicyclic) bond motifs is 1. The lowest BCUT2D eigenvalue weighted by molar-refractivity contribution is 0.0696. The number of aromatic carboxylic acids is 1. The van der Waals surface area contributed by atoms with Crippen LogP contribution in [0.4, 0.5) is 0 Å². The zero-order valence-corrected chi connectivity index (χ0v) is 12.1. The first-order valence-corrected chi connectivity index (χ1v) is 6.94. The van der Waals surface area contributed by atoms with E-state index in [9.17, 15) is 9.90 Å². The maximum absolute atomic E-state index is 11.3. The summed E-state index contributed by atoms with van der Waals surface area (Å²) in [6.45, 7) is 4.72. The van der Waals surface area contributed by atoms with Crippen molar-refractivity contribution < 1.29 is 9.90 Å². The predicted octanol–water partition coefficient (Wildman–Crippen LogP) is 4.00. The summed E-state index contributed by atoms with van der Waals surface area (Å²) in [6.07, 6.45) is 2.02. The number of hydrogen-bond donors (Lipinski definition) is 1. The van der Waals surface area contributed by atoms with Gasteiger partial charge in [0, 0.05) is 12.7 Å². The van der Waals surface area contributed by atoms with E-state index >= 15 is 0 Å². The Kier molecular flexibility index (Phi) is 3.26. The normalized spacial score (nSPS) is 11.0. The van der Waals surface area contributed by atoms with E-state index in [2.05, 4.69) is 23.6 Å². The van der Waals surface area contributed by atoms with Gasteiger partial charge in [-0.3, -0.25) is 0 Å². The Balaban J connectivity index is 2.13. The number of hydrogen-bond acceptors (Lipinski definition) is 1. The van der Waals surface area contributed by atoms with Gasteiger partial charge in [-0.15, -0.1) is 0 Å². The first kappa shape index (κ1) is 13.4. The largest absolute Gasteiger partial charge is 0.478 e. The van der Waals surface area contributed by atoms with Crippen LogP contribution in [0.3, 0.4) is 0 Å². The van der Waals surface area contributed by atoms with E-state index in [-0.39, 0.29) is 0 Å². The van der Waals surface area contributed by atoms with E-state index < -0.39 is 5.97 Å². The Morgan fingerprint density at radius 3 is 2.57 bits per heavy atom. The van der Waals surface area contributed by atoms with Crippen LogP contribution < -0.4 is 0 Å². The maximum Gasteiger partial charge on any atom is 0.336 e. The van der Waals surface area contributed by atoms with Crippen LogP contribution in [0.25, 0.3) is 10.9 Å². The highest BCUT2D eigenvalue weighted by Crippen LogP contribution is 2.24. The molecule has 1 heterocycles. The fourth-order valence-electron chi connectivity index (χ4n) is 2.82. The van der Waals surface area contributed by atoms with Gasteiger partial charge in [-0.25, -0.2) is 4.79 Å². The van der Waals surface area contributed by atoms with Crippen molar-refractivity contribution in [1.29, 1.82) is 0 Å². The third-order valence-corrected chi connectivity index (χ3v) is 4.02. The minimum atomic E-state index is -0.877. The maximum atomic E-state index is 11.3. The Morgan fingerprint density at radius 2 is 1.86 bits per heavy atom. The quantitative estimate of drug-likeness (QED) is 0.787. The van der Waals surface area contributed by atoms with Crippen molar-refractivity contribution in [3.05, 3.63) is 70.9 Å². The lowest BCUT2D eigenvalue weighted by Crippen LogP contribution is -2.04. The molecule has 0 aliphatic rings. The average Bonchev–Trinajstić information content (AvgIpc) is 2.85. The molecule has 21 heavy (non-hydrogen) atoms. The predicted molar refractivity (Wildman–Crippen MR) is 83.9 cm³/mol. The summed E-state index contributed by atoms with van der Waals surface area (Å²) in [5.74, 6) is -0.877. The molecule has 3 nitrogen and oxygen atoms in total. The van der Waals surface area contributed by atoms with E-state index in [4.69, 9.17) is 0 Å². The molecule has 0 spiro atoms. The molecule has 0 fully saturated rings. The topological polar surface area (TPSA) is 42.2 Å².